The summed E-state index contributed by atoms with van der Waals surface area (Å²) in [5, 5.41) is 0. The second kappa shape index (κ2) is 7.70. The maximum absolute atomic E-state index is 13.1. The van der Waals surface area contributed by atoms with Gasteiger partial charge in [0.05, 0.1) is 14.2 Å². The molecule has 0 saturated carbocycles. The van der Waals surface area contributed by atoms with Gasteiger partial charge in [0.25, 0.3) is 0 Å². The van der Waals surface area contributed by atoms with Crippen LogP contribution in [0.5, 0.6) is 11.5 Å². The van der Waals surface area contributed by atoms with Crippen LogP contribution in [0.4, 0.5) is 0 Å². The number of sulfonamides is 1. The van der Waals surface area contributed by atoms with Gasteiger partial charge in [-0.3, -0.25) is 0 Å². The molecule has 3 aliphatic rings. The quantitative estimate of drug-likeness (QED) is 0.628. The molecule has 3 aromatic rings. The van der Waals surface area contributed by atoms with Crippen molar-refractivity contribution >= 4 is 10.0 Å². The molecule has 0 fully saturated rings. The molecule has 1 N–H and O–H groups in total. The third kappa shape index (κ3) is 3.30. The van der Waals surface area contributed by atoms with Gasteiger partial charge in [-0.15, -0.1) is 0 Å². The third-order valence-electron chi connectivity index (χ3n) is 6.62. The van der Waals surface area contributed by atoms with Crippen LogP contribution in [-0.4, -0.2) is 29.2 Å². The molecule has 2 bridgehead atoms. The number of fused-ring (bicyclic) bond motifs is 1. The minimum absolute atomic E-state index is 0.123. The van der Waals surface area contributed by atoms with Gasteiger partial charge in [0.1, 0.15) is 16.4 Å². The lowest BCUT2D eigenvalue weighted by atomic mass is 9.59. The normalized spacial score (nSPS) is 21.3. The van der Waals surface area contributed by atoms with Crippen molar-refractivity contribution in [3.8, 4) is 11.5 Å². The van der Waals surface area contributed by atoms with Gasteiger partial charge in [-0.25, -0.2) is 13.1 Å². The zero-order chi connectivity index (χ0) is 21.6. The van der Waals surface area contributed by atoms with Gasteiger partial charge in [0, 0.05) is 24.4 Å². The molecule has 3 aliphatic carbocycles. The monoisotopic (exact) mass is 435 g/mol. The van der Waals surface area contributed by atoms with Gasteiger partial charge in [0.2, 0.25) is 10.0 Å². The summed E-state index contributed by atoms with van der Waals surface area (Å²) in [4.78, 5) is 0.123. The molecule has 31 heavy (non-hydrogen) atoms. The van der Waals surface area contributed by atoms with Gasteiger partial charge in [0.15, 0.2) is 0 Å². The molecule has 6 heteroatoms. The summed E-state index contributed by atoms with van der Waals surface area (Å²) in [5.74, 6) is 1.51. The molecule has 0 aliphatic heterocycles. The Hall–Kier alpha value is -2.83. The van der Waals surface area contributed by atoms with E-state index in [1.165, 1.54) is 42.5 Å². The first-order chi connectivity index (χ1) is 15.0. The highest BCUT2D eigenvalue weighted by molar-refractivity contribution is 7.89. The van der Waals surface area contributed by atoms with Crippen molar-refractivity contribution in [1.29, 1.82) is 0 Å². The van der Waals surface area contributed by atoms with Crippen LogP contribution in [-0.2, 0) is 10.0 Å². The fourth-order valence-electron chi connectivity index (χ4n) is 5.25. The third-order valence-corrected chi connectivity index (χ3v) is 8.08. The zero-order valence-electron chi connectivity index (χ0n) is 17.5. The number of benzene rings is 3. The van der Waals surface area contributed by atoms with E-state index >= 15 is 0 Å². The molecule has 5 nitrogen and oxygen atoms in total. The van der Waals surface area contributed by atoms with Crippen molar-refractivity contribution in [3.63, 3.8) is 0 Å². The second-order valence-electron chi connectivity index (χ2n) is 8.15. The summed E-state index contributed by atoms with van der Waals surface area (Å²) in [6.07, 6.45) is 0.932. The molecule has 0 unspecified atom stereocenters. The molecule has 0 heterocycles. The van der Waals surface area contributed by atoms with Crippen molar-refractivity contribution in [2.75, 3.05) is 20.8 Å². The molecule has 1 atom stereocenters. The van der Waals surface area contributed by atoms with E-state index in [4.69, 9.17) is 9.47 Å². The van der Waals surface area contributed by atoms with Crippen LogP contribution < -0.4 is 14.2 Å². The molecular formula is C25H25NO4S. The topological polar surface area (TPSA) is 64.6 Å². The van der Waals surface area contributed by atoms with E-state index in [9.17, 15) is 8.42 Å². The Morgan fingerprint density at radius 1 is 0.871 bits per heavy atom. The summed E-state index contributed by atoms with van der Waals surface area (Å²) in [6.45, 7) is 0.376. The van der Waals surface area contributed by atoms with E-state index < -0.39 is 10.0 Å². The number of nitrogens with one attached hydrogen (secondary N) is 1. The average molecular weight is 436 g/mol. The van der Waals surface area contributed by atoms with E-state index in [2.05, 4.69) is 53.3 Å². The molecule has 0 saturated heterocycles. The maximum atomic E-state index is 13.1. The van der Waals surface area contributed by atoms with Crippen LogP contribution >= 0.6 is 0 Å². The molecule has 0 radical (unpaired) electrons. The van der Waals surface area contributed by atoms with Gasteiger partial charge in [-0.05, 0) is 46.7 Å². The molecule has 160 valence electrons. The summed E-state index contributed by atoms with van der Waals surface area (Å²) in [5.41, 5.74) is 5.40. The number of methoxy groups -OCH3 is 2. The molecule has 0 aromatic heterocycles. The summed E-state index contributed by atoms with van der Waals surface area (Å²) >= 11 is 0. The predicted molar refractivity (Wildman–Crippen MR) is 119 cm³/mol. The number of rotatable bonds is 6. The minimum atomic E-state index is -3.73. The molecule has 0 spiro atoms. The Kier molecular flexibility index (Phi) is 4.99. The Balaban J connectivity index is 1.45. The van der Waals surface area contributed by atoms with Crippen LogP contribution in [0.15, 0.2) is 71.6 Å². The van der Waals surface area contributed by atoms with E-state index in [0.29, 0.717) is 18.2 Å². The van der Waals surface area contributed by atoms with E-state index in [1.54, 1.807) is 12.1 Å². The lowest BCUT2D eigenvalue weighted by molar-refractivity contribution is 0.354. The van der Waals surface area contributed by atoms with Crippen LogP contribution in [0.3, 0.4) is 0 Å². The van der Waals surface area contributed by atoms with E-state index in [-0.39, 0.29) is 22.5 Å². The van der Waals surface area contributed by atoms with Crippen molar-refractivity contribution in [1.82, 2.24) is 4.72 Å². The summed E-state index contributed by atoms with van der Waals surface area (Å²) in [6, 6.07) is 21.9. The van der Waals surface area contributed by atoms with E-state index in [0.717, 1.165) is 6.42 Å². The smallest absolute Gasteiger partial charge is 0.244 e. The maximum Gasteiger partial charge on any atom is 0.244 e. The fourth-order valence-corrected chi connectivity index (χ4v) is 6.49. The molecule has 6 rings (SSSR count). The van der Waals surface area contributed by atoms with Gasteiger partial charge < -0.3 is 9.47 Å². The highest BCUT2D eigenvalue weighted by Gasteiger charge is 2.43. The molecule has 0 amide bonds. The summed E-state index contributed by atoms with van der Waals surface area (Å²) < 4.78 is 39.6. The lowest BCUT2D eigenvalue weighted by Crippen LogP contribution is -2.39. The first-order valence-corrected chi connectivity index (χ1v) is 11.9. The minimum Gasteiger partial charge on any atom is -0.497 e. The van der Waals surface area contributed by atoms with Crippen LogP contribution in [0, 0.1) is 5.92 Å². The van der Waals surface area contributed by atoms with Crippen LogP contribution in [0.25, 0.3) is 0 Å². The number of hydrogen-bond acceptors (Lipinski definition) is 4. The largest absolute Gasteiger partial charge is 0.497 e. The standard InChI is InChI=1S/C25H25NO4S/c1-29-17-11-12-24(23(14-17)30-2)31(27,28)26-15-16-13-22-18-7-3-5-9-20(18)25(16)21-10-6-4-8-19(21)22/h3-12,14,16,22,25-26H,13,15H2,1-2H3/t16-,22?,25?/m1/s1. The predicted octanol–water partition coefficient (Wildman–Crippen LogP) is 4.28. The second-order valence-corrected chi connectivity index (χ2v) is 9.89. The number of ether oxygens (including phenoxy) is 2. The Morgan fingerprint density at radius 3 is 2.06 bits per heavy atom. The fraction of sp³-hybridized carbons (Fsp3) is 0.280. The Labute approximate surface area is 183 Å². The number of hydrogen-bond donors (Lipinski definition) is 1. The van der Waals surface area contributed by atoms with Gasteiger partial charge in [-0.1, -0.05) is 48.5 Å². The zero-order valence-corrected chi connectivity index (χ0v) is 18.4. The van der Waals surface area contributed by atoms with Crippen molar-refractivity contribution in [2.45, 2.75) is 23.2 Å². The summed E-state index contributed by atoms with van der Waals surface area (Å²) in [7, 11) is -0.733. The van der Waals surface area contributed by atoms with Crippen LogP contribution in [0.2, 0.25) is 0 Å². The highest BCUT2D eigenvalue weighted by Crippen LogP contribution is 2.55. The van der Waals surface area contributed by atoms with Crippen molar-refractivity contribution in [2.24, 2.45) is 5.92 Å². The first kappa shape index (κ1) is 20.1. The molecular weight excluding hydrogens is 410 g/mol. The Bertz CT molecular complexity index is 1190. The molecule has 3 aromatic carbocycles. The highest BCUT2D eigenvalue weighted by atomic mass is 32.2. The van der Waals surface area contributed by atoms with Gasteiger partial charge in [-0.2, -0.15) is 0 Å². The average Bonchev–Trinajstić information content (AvgIpc) is 2.82. The van der Waals surface area contributed by atoms with Gasteiger partial charge >= 0.3 is 0 Å². The van der Waals surface area contributed by atoms with Crippen molar-refractivity contribution < 1.29 is 17.9 Å². The van der Waals surface area contributed by atoms with E-state index in [1.807, 2.05) is 0 Å². The SMILES string of the molecule is COc1ccc(S(=O)(=O)NC[C@H]2CC3c4ccccc4C2c2ccccc23)c(OC)c1. The van der Waals surface area contributed by atoms with Crippen LogP contribution in [0.1, 0.15) is 40.5 Å². The first-order valence-electron chi connectivity index (χ1n) is 10.4. The van der Waals surface area contributed by atoms with Crippen molar-refractivity contribution in [3.05, 3.63) is 89.0 Å². The lowest BCUT2D eigenvalue weighted by Gasteiger charge is -2.45. The Morgan fingerprint density at radius 2 is 1.48 bits per heavy atom.